The van der Waals surface area contributed by atoms with Gasteiger partial charge in [-0.25, -0.2) is 0 Å². The molecule has 0 atom stereocenters. The Morgan fingerprint density at radius 3 is 2.26 bits per heavy atom. The van der Waals surface area contributed by atoms with Crippen molar-refractivity contribution in [2.24, 2.45) is 0 Å². The lowest BCUT2D eigenvalue weighted by Gasteiger charge is -2.03. The molecule has 0 aromatic heterocycles. The van der Waals surface area contributed by atoms with Crippen LogP contribution in [0.2, 0.25) is 0 Å². The number of allylic oxidation sites excluding steroid dienone is 1. The second kappa shape index (κ2) is 6.59. The average molecular weight is 321 g/mol. The van der Waals surface area contributed by atoms with Crippen LogP contribution in [0.3, 0.4) is 0 Å². The molecule has 3 aromatic rings. The quantitative estimate of drug-likeness (QED) is 0.380. The first-order valence-electron chi connectivity index (χ1n) is 7.16. The van der Waals surface area contributed by atoms with Crippen molar-refractivity contribution >= 4 is 39.5 Å². The molecule has 0 radical (unpaired) electrons. The maximum Gasteiger partial charge on any atom is 0.252 e. The summed E-state index contributed by atoms with van der Waals surface area (Å²) in [5.74, 6) is -0.112. The summed E-state index contributed by atoms with van der Waals surface area (Å²) in [6.07, 6.45) is 3.10. The number of rotatable bonds is 4. The molecule has 0 aliphatic carbocycles. The number of benzene rings is 3. The lowest BCUT2D eigenvalue weighted by Crippen LogP contribution is -1.97. The van der Waals surface area contributed by atoms with Gasteiger partial charge in [-0.2, -0.15) is 0 Å². The van der Waals surface area contributed by atoms with Gasteiger partial charge < -0.3 is 0 Å². The van der Waals surface area contributed by atoms with Gasteiger partial charge in [-0.1, -0.05) is 66.7 Å². The highest BCUT2D eigenvalue weighted by Crippen LogP contribution is 2.20. The minimum atomic E-state index is -0.539. The summed E-state index contributed by atoms with van der Waals surface area (Å²) in [5.41, 5.74) is 1.64. The molecule has 0 heterocycles. The topological polar surface area (TPSA) is 34.1 Å². The predicted molar refractivity (Wildman–Crippen MR) is 93.9 cm³/mol. The van der Waals surface area contributed by atoms with Crippen LogP contribution in [0.1, 0.15) is 26.3 Å². The fraction of sp³-hybridized carbons (Fsp3) is 0. The molecule has 0 saturated carbocycles. The normalized spacial score (nSPS) is 11.0. The second-order valence-electron chi connectivity index (χ2n) is 5.09. The van der Waals surface area contributed by atoms with Crippen LogP contribution in [0.15, 0.2) is 72.8 Å². The molecule has 2 nitrogen and oxygen atoms in total. The van der Waals surface area contributed by atoms with Crippen LogP contribution in [0.4, 0.5) is 0 Å². The smallest absolute Gasteiger partial charge is 0.252 e. The minimum Gasteiger partial charge on any atom is -0.289 e. The number of ketones is 1. The van der Waals surface area contributed by atoms with Crippen LogP contribution < -0.4 is 0 Å². The predicted octanol–water partition coefficient (Wildman–Crippen LogP) is 5.11. The Balaban J connectivity index is 1.97. The summed E-state index contributed by atoms with van der Waals surface area (Å²) in [6, 6.07) is 20.3. The lowest BCUT2D eigenvalue weighted by atomic mass is 10.0. The zero-order chi connectivity index (χ0) is 16.2. The Morgan fingerprint density at radius 2 is 1.43 bits per heavy atom. The molecule has 3 aromatic carbocycles. The Morgan fingerprint density at radius 1 is 0.783 bits per heavy atom. The van der Waals surface area contributed by atoms with Crippen LogP contribution >= 0.6 is 11.6 Å². The van der Waals surface area contributed by atoms with E-state index in [4.69, 9.17) is 11.6 Å². The SMILES string of the molecule is O=C(Cl)c1ccccc1C=CC(=O)c1cccc2ccccc12. The third kappa shape index (κ3) is 3.22. The fourth-order valence-corrected chi connectivity index (χ4v) is 2.69. The van der Waals surface area contributed by atoms with Crippen LogP contribution in [-0.2, 0) is 0 Å². The standard InChI is InChI=1S/C20H13ClO2/c21-20(23)17-10-4-2-7-15(17)12-13-19(22)18-11-5-8-14-6-1-3-9-16(14)18/h1-13H. The zero-order valence-electron chi connectivity index (χ0n) is 12.2. The van der Waals surface area contributed by atoms with Crippen molar-refractivity contribution in [3.63, 3.8) is 0 Å². The summed E-state index contributed by atoms with van der Waals surface area (Å²) >= 11 is 5.56. The van der Waals surface area contributed by atoms with E-state index in [-0.39, 0.29) is 5.78 Å². The fourth-order valence-electron chi connectivity index (χ4n) is 2.52. The average Bonchev–Trinajstić information content (AvgIpc) is 2.59. The molecule has 3 heteroatoms. The Kier molecular flexibility index (Phi) is 4.35. The van der Waals surface area contributed by atoms with Gasteiger partial charge in [-0.05, 0) is 40.1 Å². The highest BCUT2D eigenvalue weighted by Gasteiger charge is 2.08. The number of carbonyl (C=O) groups excluding carboxylic acids is 2. The third-order valence-corrected chi connectivity index (χ3v) is 3.85. The molecule has 0 unspecified atom stereocenters. The molecular weight excluding hydrogens is 308 g/mol. The van der Waals surface area contributed by atoms with E-state index in [9.17, 15) is 9.59 Å². The van der Waals surface area contributed by atoms with Crippen LogP contribution in [0, 0.1) is 0 Å². The summed E-state index contributed by atoms with van der Waals surface area (Å²) in [5, 5.41) is 1.39. The van der Waals surface area contributed by atoms with Crippen LogP contribution in [0.25, 0.3) is 16.8 Å². The minimum absolute atomic E-state index is 0.112. The molecule has 0 spiro atoms. The van der Waals surface area contributed by atoms with Gasteiger partial charge in [0.2, 0.25) is 0 Å². The zero-order valence-corrected chi connectivity index (χ0v) is 13.0. The molecule has 0 amide bonds. The molecule has 0 fully saturated rings. The number of halogens is 1. The molecule has 112 valence electrons. The molecule has 23 heavy (non-hydrogen) atoms. The largest absolute Gasteiger partial charge is 0.289 e. The highest BCUT2D eigenvalue weighted by atomic mass is 35.5. The number of carbonyl (C=O) groups is 2. The van der Waals surface area contributed by atoms with E-state index >= 15 is 0 Å². The molecule has 0 aliphatic heterocycles. The first-order chi connectivity index (χ1) is 11.2. The van der Waals surface area contributed by atoms with Crippen molar-refractivity contribution in [1.82, 2.24) is 0 Å². The Hall–Kier alpha value is -2.71. The summed E-state index contributed by atoms with van der Waals surface area (Å²) in [7, 11) is 0. The first-order valence-corrected chi connectivity index (χ1v) is 7.53. The van der Waals surface area contributed by atoms with Gasteiger partial charge in [-0.15, -0.1) is 0 Å². The van der Waals surface area contributed by atoms with E-state index in [1.165, 1.54) is 6.08 Å². The lowest BCUT2D eigenvalue weighted by molar-refractivity contribution is 0.104. The molecular formula is C20H13ClO2. The van der Waals surface area contributed by atoms with Crippen molar-refractivity contribution in [2.75, 3.05) is 0 Å². The molecule has 0 N–H and O–H groups in total. The molecule has 0 saturated heterocycles. The summed E-state index contributed by atoms with van der Waals surface area (Å²) in [4.78, 5) is 23.9. The first kappa shape index (κ1) is 15.2. The van der Waals surface area contributed by atoms with Gasteiger partial charge in [0.05, 0.1) is 0 Å². The van der Waals surface area contributed by atoms with E-state index in [1.54, 1.807) is 36.4 Å². The number of fused-ring (bicyclic) bond motifs is 1. The van der Waals surface area contributed by atoms with E-state index in [2.05, 4.69) is 0 Å². The highest BCUT2D eigenvalue weighted by molar-refractivity contribution is 6.68. The Bertz CT molecular complexity index is 920. The van der Waals surface area contributed by atoms with Gasteiger partial charge in [0.25, 0.3) is 5.24 Å². The molecule has 0 bridgehead atoms. The van der Waals surface area contributed by atoms with Gasteiger partial charge in [0.15, 0.2) is 5.78 Å². The number of hydrogen-bond donors (Lipinski definition) is 0. The van der Waals surface area contributed by atoms with Gasteiger partial charge >= 0.3 is 0 Å². The summed E-state index contributed by atoms with van der Waals surface area (Å²) < 4.78 is 0. The van der Waals surface area contributed by atoms with Crippen molar-refractivity contribution in [3.8, 4) is 0 Å². The van der Waals surface area contributed by atoms with Crippen molar-refractivity contribution in [2.45, 2.75) is 0 Å². The van der Waals surface area contributed by atoms with Gasteiger partial charge in [-0.3, -0.25) is 9.59 Å². The monoisotopic (exact) mass is 320 g/mol. The van der Waals surface area contributed by atoms with Crippen molar-refractivity contribution in [3.05, 3.63) is 89.5 Å². The van der Waals surface area contributed by atoms with Crippen LogP contribution in [-0.4, -0.2) is 11.0 Å². The Labute approximate surface area is 139 Å². The van der Waals surface area contributed by atoms with E-state index in [1.807, 2.05) is 36.4 Å². The molecule has 0 aliphatic rings. The third-order valence-electron chi connectivity index (χ3n) is 3.64. The van der Waals surface area contributed by atoms with Crippen molar-refractivity contribution in [1.29, 1.82) is 0 Å². The van der Waals surface area contributed by atoms with Crippen LogP contribution in [0.5, 0.6) is 0 Å². The maximum atomic E-state index is 12.5. The van der Waals surface area contributed by atoms with Gasteiger partial charge in [0, 0.05) is 11.1 Å². The second-order valence-corrected chi connectivity index (χ2v) is 5.43. The number of hydrogen-bond acceptors (Lipinski definition) is 2. The van der Waals surface area contributed by atoms with E-state index < -0.39 is 5.24 Å². The summed E-state index contributed by atoms with van der Waals surface area (Å²) in [6.45, 7) is 0. The van der Waals surface area contributed by atoms with E-state index in [0.717, 1.165) is 10.8 Å². The molecule has 3 rings (SSSR count). The van der Waals surface area contributed by atoms with Gasteiger partial charge in [0.1, 0.15) is 0 Å². The maximum absolute atomic E-state index is 12.5. The van der Waals surface area contributed by atoms with Crippen molar-refractivity contribution < 1.29 is 9.59 Å². The van der Waals surface area contributed by atoms with E-state index in [0.29, 0.717) is 16.7 Å².